The van der Waals surface area contributed by atoms with Gasteiger partial charge in [0.15, 0.2) is 0 Å². The van der Waals surface area contributed by atoms with Gasteiger partial charge in [0.2, 0.25) is 0 Å². The summed E-state index contributed by atoms with van der Waals surface area (Å²) in [7, 11) is 0. The molecule has 0 saturated carbocycles. The van der Waals surface area contributed by atoms with Gasteiger partial charge in [0.05, 0.1) is 6.04 Å². The Morgan fingerprint density at radius 2 is 1.70 bits per heavy atom. The molecular formula is C16H15Cl2NO. The minimum absolute atomic E-state index is 0.0764. The summed E-state index contributed by atoms with van der Waals surface area (Å²) < 4.78 is 0. The minimum atomic E-state index is -0.103. The van der Waals surface area contributed by atoms with Crippen molar-refractivity contribution in [3.63, 3.8) is 0 Å². The highest BCUT2D eigenvalue weighted by atomic mass is 35.5. The summed E-state index contributed by atoms with van der Waals surface area (Å²) in [5, 5.41) is 3.64. The van der Waals surface area contributed by atoms with Crippen LogP contribution in [-0.2, 0) is 5.88 Å². The fraction of sp³-hybridized carbons (Fsp3) is 0.188. The van der Waals surface area contributed by atoms with Crippen LogP contribution in [0.1, 0.15) is 34.5 Å². The highest BCUT2D eigenvalue weighted by Gasteiger charge is 2.11. The van der Waals surface area contributed by atoms with E-state index in [1.54, 1.807) is 12.1 Å². The second-order valence-corrected chi connectivity index (χ2v) is 5.28. The Kier molecular flexibility index (Phi) is 5.05. The van der Waals surface area contributed by atoms with Crippen LogP contribution in [-0.4, -0.2) is 5.91 Å². The zero-order valence-corrected chi connectivity index (χ0v) is 12.6. The first-order valence-corrected chi connectivity index (χ1v) is 7.22. The maximum Gasteiger partial charge on any atom is 0.251 e. The van der Waals surface area contributed by atoms with Crippen molar-refractivity contribution in [1.82, 2.24) is 5.32 Å². The summed E-state index contributed by atoms with van der Waals surface area (Å²) in [6, 6.07) is 14.6. The Hall–Kier alpha value is -1.51. The molecular weight excluding hydrogens is 293 g/mol. The lowest BCUT2D eigenvalue weighted by atomic mass is 10.1. The normalized spacial score (nSPS) is 11.9. The molecule has 0 aliphatic heterocycles. The summed E-state index contributed by atoms with van der Waals surface area (Å²) in [6.07, 6.45) is 0. The van der Waals surface area contributed by atoms with Gasteiger partial charge in [-0.05, 0) is 42.3 Å². The molecule has 1 N–H and O–H groups in total. The SMILES string of the molecule is CC(NC(=O)c1ccc(CCl)cc1)c1ccc(Cl)cc1. The van der Waals surface area contributed by atoms with Crippen molar-refractivity contribution in [2.45, 2.75) is 18.8 Å². The van der Waals surface area contributed by atoms with E-state index in [4.69, 9.17) is 23.2 Å². The highest BCUT2D eigenvalue weighted by Crippen LogP contribution is 2.16. The Morgan fingerprint density at radius 3 is 2.25 bits per heavy atom. The quantitative estimate of drug-likeness (QED) is 0.824. The van der Waals surface area contributed by atoms with Gasteiger partial charge in [-0.3, -0.25) is 4.79 Å². The van der Waals surface area contributed by atoms with Crippen LogP contribution in [0, 0.1) is 0 Å². The van der Waals surface area contributed by atoms with E-state index in [1.807, 2.05) is 43.3 Å². The van der Waals surface area contributed by atoms with Crippen molar-refractivity contribution < 1.29 is 4.79 Å². The number of benzene rings is 2. The fourth-order valence-electron chi connectivity index (χ4n) is 1.86. The number of hydrogen-bond acceptors (Lipinski definition) is 1. The van der Waals surface area contributed by atoms with Gasteiger partial charge in [-0.1, -0.05) is 35.9 Å². The van der Waals surface area contributed by atoms with E-state index in [9.17, 15) is 4.79 Å². The third-order valence-corrected chi connectivity index (χ3v) is 3.65. The fourth-order valence-corrected chi connectivity index (χ4v) is 2.16. The van der Waals surface area contributed by atoms with Crippen LogP contribution in [0.5, 0.6) is 0 Å². The first-order valence-electron chi connectivity index (χ1n) is 6.31. The van der Waals surface area contributed by atoms with Crippen LogP contribution in [0.3, 0.4) is 0 Å². The molecule has 1 atom stereocenters. The van der Waals surface area contributed by atoms with Gasteiger partial charge in [-0.2, -0.15) is 0 Å². The zero-order chi connectivity index (χ0) is 14.5. The number of hydrogen-bond donors (Lipinski definition) is 1. The van der Waals surface area contributed by atoms with Crippen molar-refractivity contribution in [3.05, 3.63) is 70.2 Å². The summed E-state index contributed by atoms with van der Waals surface area (Å²) in [4.78, 5) is 12.1. The smallest absolute Gasteiger partial charge is 0.251 e. The Balaban J connectivity index is 2.04. The second-order valence-electron chi connectivity index (χ2n) is 4.58. The molecule has 0 saturated heterocycles. The zero-order valence-electron chi connectivity index (χ0n) is 11.1. The third-order valence-electron chi connectivity index (χ3n) is 3.09. The summed E-state index contributed by atoms with van der Waals surface area (Å²) >= 11 is 11.6. The maximum atomic E-state index is 12.1. The Morgan fingerprint density at radius 1 is 1.10 bits per heavy atom. The summed E-state index contributed by atoms with van der Waals surface area (Å²) in [5.74, 6) is 0.344. The van der Waals surface area contributed by atoms with Crippen LogP contribution < -0.4 is 5.32 Å². The molecule has 2 rings (SSSR count). The molecule has 2 aromatic rings. The predicted molar refractivity (Wildman–Crippen MR) is 83.3 cm³/mol. The topological polar surface area (TPSA) is 29.1 Å². The Labute approximate surface area is 128 Å². The molecule has 0 heterocycles. The van der Waals surface area contributed by atoms with Gasteiger partial charge < -0.3 is 5.32 Å². The molecule has 0 bridgehead atoms. The molecule has 0 fully saturated rings. The van der Waals surface area contributed by atoms with Crippen LogP contribution in [0.15, 0.2) is 48.5 Å². The number of halogens is 2. The highest BCUT2D eigenvalue weighted by molar-refractivity contribution is 6.30. The largest absolute Gasteiger partial charge is 0.346 e. The first kappa shape index (κ1) is 14.9. The van der Waals surface area contributed by atoms with Crippen molar-refractivity contribution >= 4 is 29.1 Å². The van der Waals surface area contributed by atoms with Gasteiger partial charge in [-0.25, -0.2) is 0 Å². The number of amides is 1. The molecule has 0 aliphatic rings. The molecule has 1 amide bonds. The lowest BCUT2D eigenvalue weighted by molar-refractivity contribution is 0.0940. The molecule has 2 nitrogen and oxygen atoms in total. The average molecular weight is 308 g/mol. The van der Waals surface area contributed by atoms with Crippen LogP contribution in [0.4, 0.5) is 0 Å². The van der Waals surface area contributed by atoms with E-state index in [-0.39, 0.29) is 11.9 Å². The van der Waals surface area contributed by atoms with E-state index in [0.29, 0.717) is 16.5 Å². The third kappa shape index (κ3) is 3.75. The van der Waals surface area contributed by atoms with Crippen molar-refractivity contribution in [2.24, 2.45) is 0 Å². The monoisotopic (exact) mass is 307 g/mol. The Bertz CT molecular complexity index is 578. The molecule has 0 radical (unpaired) electrons. The molecule has 2 aromatic carbocycles. The summed E-state index contributed by atoms with van der Waals surface area (Å²) in [5.41, 5.74) is 2.63. The van der Waals surface area contributed by atoms with Gasteiger partial charge in [0.25, 0.3) is 5.91 Å². The molecule has 0 aliphatic carbocycles. The van der Waals surface area contributed by atoms with E-state index in [0.717, 1.165) is 11.1 Å². The maximum absolute atomic E-state index is 12.1. The van der Waals surface area contributed by atoms with Crippen LogP contribution in [0.2, 0.25) is 5.02 Å². The van der Waals surface area contributed by atoms with Gasteiger partial charge >= 0.3 is 0 Å². The average Bonchev–Trinajstić information content (AvgIpc) is 2.48. The van der Waals surface area contributed by atoms with Crippen LogP contribution >= 0.6 is 23.2 Å². The number of alkyl halides is 1. The number of rotatable bonds is 4. The lowest BCUT2D eigenvalue weighted by Gasteiger charge is -2.14. The van der Waals surface area contributed by atoms with E-state index >= 15 is 0 Å². The van der Waals surface area contributed by atoms with Gasteiger partial charge in [-0.15, -0.1) is 11.6 Å². The molecule has 104 valence electrons. The molecule has 1 unspecified atom stereocenters. The molecule has 0 aromatic heterocycles. The number of nitrogens with one attached hydrogen (secondary N) is 1. The van der Waals surface area contributed by atoms with Crippen LogP contribution in [0.25, 0.3) is 0 Å². The minimum Gasteiger partial charge on any atom is -0.346 e. The standard InChI is InChI=1S/C16H15Cl2NO/c1-11(13-6-8-15(18)9-7-13)19-16(20)14-4-2-12(10-17)3-5-14/h2-9,11H,10H2,1H3,(H,19,20). The van der Waals surface area contributed by atoms with Crippen molar-refractivity contribution in [3.8, 4) is 0 Å². The van der Waals surface area contributed by atoms with E-state index in [1.165, 1.54) is 0 Å². The second kappa shape index (κ2) is 6.78. The lowest BCUT2D eigenvalue weighted by Crippen LogP contribution is -2.26. The van der Waals surface area contributed by atoms with E-state index < -0.39 is 0 Å². The van der Waals surface area contributed by atoms with Gasteiger partial charge in [0, 0.05) is 16.5 Å². The molecule has 20 heavy (non-hydrogen) atoms. The summed E-state index contributed by atoms with van der Waals surface area (Å²) in [6.45, 7) is 1.94. The van der Waals surface area contributed by atoms with Crippen molar-refractivity contribution in [1.29, 1.82) is 0 Å². The molecule has 4 heteroatoms. The first-order chi connectivity index (χ1) is 9.60. The van der Waals surface area contributed by atoms with E-state index in [2.05, 4.69) is 5.32 Å². The van der Waals surface area contributed by atoms with Crippen molar-refractivity contribution in [2.75, 3.05) is 0 Å². The number of carbonyl (C=O) groups is 1. The number of carbonyl (C=O) groups excluding carboxylic acids is 1. The predicted octanol–water partition coefficient (Wildman–Crippen LogP) is 4.57. The molecule has 0 spiro atoms. The van der Waals surface area contributed by atoms with Gasteiger partial charge in [0.1, 0.15) is 0 Å².